The van der Waals surface area contributed by atoms with Crippen LogP contribution >= 0.6 is 0 Å². The molecule has 2 aromatic carbocycles. The molecule has 0 aliphatic carbocycles. The van der Waals surface area contributed by atoms with Gasteiger partial charge in [-0.05, 0) is 42.8 Å². The Morgan fingerprint density at radius 3 is 2.83 bits per heavy atom. The summed E-state index contributed by atoms with van der Waals surface area (Å²) in [6.07, 6.45) is 3.56. The Labute approximate surface area is 138 Å². The van der Waals surface area contributed by atoms with E-state index in [0.29, 0.717) is 11.5 Å². The predicted molar refractivity (Wildman–Crippen MR) is 88.6 cm³/mol. The maximum absolute atomic E-state index is 13.5. The number of hydrogen-bond acceptors (Lipinski definition) is 4. The molecule has 0 saturated heterocycles. The van der Waals surface area contributed by atoms with Crippen LogP contribution in [0.25, 0.3) is 6.08 Å². The lowest BCUT2D eigenvalue weighted by molar-refractivity contribution is 0.0951. The number of amides is 1. The molecule has 0 bridgehead atoms. The van der Waals surface area contributed by atoms with Gasteiger partial charge in [0.2, 0.25) is 6.79 Å². The first-order valence-electron chi connectivity index (χ1n) is 7.30. The molecule has 6 heteroatoms. The first-order chi connectivity index (χ1) is 11.6. The Morgan fingerprint density at radius 2 is 2.00 bits per heavy atom. The van der Waals surface area contributed by atoms with Crippen molar-refractivity contribution in [3.8, 4) is 11.5 Å². The van der Waals surface area contributed by atoms with Crippen LogP contribution in [0.15, 0.2) is 53.6 Å². The summed E-state index contributed by atoms with van der Waals surface area (Å²) in [5.74, 6) is 0.233. The molecule has 0 fully saturated rings. The molecule has 0 aromatic heterocycles. The molecule has 1 aliphatic rings. The van der Waals surface area contributed by atoms with E-state index in [1.807, 2.05) is 24.3 Å². The van der Waals surface area contributed by atoms with Gasteiger partial charge in [0, 0.05) is 0 Å². The molecule has 1 N–H and O–H groups in total. The molecule has 3 rings (SSSR count). The number of hydrazone groups is 1. The fraction of sp³-hybridized carbons (Fsp3) is 0.111. The van der Waals surface area contributed by atoms with Crippen molar-refractivity contribution in [2.75, 3.05) is 6.79 Å². The van der Waals surface area contributed by atoms with Crippen molar-refractivity contribution in [1.29, 1.82) is 0 Å². The summed E-state index contributed by atoms with van der Waals surface area (Å²) < 4.78 is 24.1. The van der Waals surface area contributed by atoms with Gasteiger partial charge >= 0.3 is 0 Å². The van der Waals surface area contributed by atoms with Crippen LogP contribution in [0.2, 0.25) is 0 Å². The van der Waals surface area contributed by atoms with Gasteiger partial charge in [0.1, 0.15) is 5.82 Å². The van der Waals surface area contributed by atoms with Gasteiger partial charge in [-0.2, -0.15) is 5.10 Å². The molecule has 1 heterocycles. The van der Waals surface area contributed by atoms with Gasteiger partial charge in [0.15, 0.2) is 11.5 Å². The molecule has 122 valence electrons. The zero-order valence-corrected chi connectivity index (χ0v) is 13.0. The normalized spacial score (nSPS) is 13.3. The molecule has 5 nitrogen and oxygen atoms in total. The van der Waals surface area contributed by atoms with Gasteiger partial charge in [0.05, 0.1) is 11.3 Å². The Kier molecular flexibility index (Phi) is 4.56. The Hall–Kier alpha value is -3.15. The van der Waals surface area contributed by atoms with E-state index in [4.69, 9.17) is 9.47 Å². The van der Waals surface area contributed by atoms with Crippen LogP contribution in [0.3, 0.4) is 0 Å². The number of benzene rings is 2. The van der Waals surface area contributed by atoms with Gasteiger partial charge in [-0.25, -0.2) is 9.82 Å². The quantitative estimate of drug-likeness (QED) is 0.692. The number of nitrogens with zero attached hydrogens (tertiary/aromatic N) is 1. The lowest BCUT2D eigenvalue weighted by atomic mass is 10.2. The minimum absolute atomic E-state index is 0.0474. The molecule has 0 saturated carbocycles. The number of allylic oxidation sites excluding steroid dienone is 1. The molecule has 1 aliphatic heterocycles. The van der Waals surface area contributed by atoms with Crippen LogP contribution in [0.5, 0.6) is 11.5 Å². The van der Waals surface area contributed by atoms with E-state index in [1.165, 1.54) is 18.2 Å². The largest absolute Gasteiger partial charge is 0.454 e. The van der Waals surface area contributed by atoms with Gasteiger partial charge in [0.25, 0.3) is 5.91 Å². The van der Waals surface area contributed by atoms with Crippen molar-refractivity contribution in [3.05, 3.63) is 65.5 Å². The molecule has 0 spiro atoms. The summed E-state index contributed by atoms with van der Waals surface area (Å²) in [5, 5.41) is 3.94. The van der Waals surface area contributed by atoms with E-state index in [9.17, 15) is 9.18 Å². The van der Waals surface area contributed by atoms with Crippen molar-refractivity contribution in [2.45, 2.75) is 6.92 Å². The lowest BCUT2D eigenvalue weighted by Gasteiger charge is -2.01. The molecule has 0 atom stereocenters. The van der Waals surface area contributed by atoms with Crippen LogP contribution in [-0.4, -0.2) is 18.4 Å². The topological polar surface area (TPSA) is 59.9 Å². The first-order valence-corrected chi connectivity index (χ1v) is 7.30. The third-order valence-electron chi connectivity index (χ3n) is 3.37. The summed E-state index contributed by atoms with van der Waals surface area (Å²) in [6, 6.07) is 11.3. The van der Waals surface area contributed by atoms with Crippen LogP contribution in [-0.2, 0) is 0 Å². The smallest absolute Gasteiger partial charge is 0.274 e. The summed E-state index contributed by atoms with van der Waals surface area (Å²) in [7, 11) is 0. The zero-order chi connectivity index (χ0) is 16.9. The van der Waals surface area contributed by atoms with E-state index in [2.05, 4.69) is 10.5 Å². The van der Waals surface area contributed by atoms with E-state index in [1.54, 1.807) is 19.1 Å². The number of carbonyl (C=O) groups is 1. The van der Waals surface area contributed by atoms with Gasteiger partial charge in [-0.3, -0.25) is 4.79 Å². The van der Waals surface area contributed by atoms with Crippen molar-refractivity contribution < 1.29 is 18.7 Å². The average molecular weight is 326 g/mol. The minimum atomic E-state index is -0.594. The lowest BCUT2D eigenvalue weighted by Crippen LogP contribution is -2.19. The molecular formula is C18H15FN2O3. The highest BCUT2D eigenvalue weighted by Crippen LogP contribution is 2.32. The highest BCUT2D eigenvalue weighted by atomic mass is 19.1. The standard InChI is InChI=1S/C18H15FN2O3/c1-12(20-21-18(22)14-4-2-3-5-15(14)19)6-7-13-8-9-16-17(10-13)24-11-23-16/h2-10H,11H2,1H3,(H,21,22)/b7-6+,20-12+. The number of carbonyl (C=O) groups excluding carboxylic acids is 1. The summed E-state index contributed by atoms with van der Waals surface area (Å²) >= 11 is 0. The highest BCUT2D eigenvalue weighted by Gasteiger charge is 2.12. The van der Waals surface area contributed by atoms with Crippen LogP contribution in [0.4, 0.5) is 4.39 Å². The molecule has 2 aromatic rings. The van der Waals surface area contributed by atoms with Crippen molar-refractivity contribution >= 4 is 17.7 Å². The highest BCUT2D eigenvalue weighted by molar-refractivity contribution is 5.99. The van der Waals surface area contributed by atoms with Gasteiger partial charge in [-0.15, -0.1) is 0 Å². The third-order valence-corrected chi connectivity index (χ3v) is 3.37. The van der Waals surface area contributed by atoms with E-state index < -0.39 is 11.7 Å². The molecule has 0 unspecified atom stereocenters. The number of nitrogens with one attached hydrogen (secondary N) is 1. The molecular weight excluding hydrogens is 311 g/mol. The molecule has 24 heavy (non-hydrogen) atoms. The van der Waals surface area contributed by atoms with Crippen molar-refractivity contribution in [2.24, 2.45) is 5.10 Å². The Bertz CT molecular complexity index is 831. The van der Waals surface area contributed by atoms with E-state index in [0.717, 1.165) is 11.3 Å². The summed E-state index contributed by atoms with van der Waals surface area (Å²) in [6.45, 7) is 1.95. The van der Waals surface area contributed by atoms with Crippen LogP contribution in [0, 0.1) is 5.82 Å². The third kappa shape index (κ3) is 3.60. The minimum Gasteiger partial charge on any atom is -0.454 e. The van der Waals surface area contributed by atoms with E-state index in [-0.39, 0.29) is 12.4 Å². The number of hydrogen-bond donors (Lipinski definition) is 1. The van der Waals surface area contributed by atoms with Gasteiger partial charge < -0.3 is 9.47 Å². The van der Waals surface area contributed by atoms with Gasteiger partial charge in [-0.1, -0.05) is 24.3 Å². The number of ether oxygens (including phenoxy) is 2. The average Bonchev–Trinajstić information content (AvgIpc) is 3.06. The van der Waals surface area contributed by atoms with Crippen molar-refractivity contribution in [1.82, 2.24) is 5.43 Å². The number of halogens is 1. The Morgan fingerprint density at radius 1 is 1.21 bits per heavy atom. The zero-order valence-electron chi connectivity index (χ0n) is 13.0. The molecule has 1 amide bonds. The monoisotopic (exact) mass is 326 g/mol. The summed E-state index contributed by atoms with van der Waals surface area (Å²) in [4.78, 5) is 11.9. The maximum Gasteiger partial charge on any atom is 0.274 e. The van der Waals surface area contributed by atoms with E-state index >= 15 is 0 Å². The number of rotatable bonds is 4. The fourth-order valence-corrected chi connectivity index (χ4v) is 2.12. The second-order valence-electron chi connectivity index (χ2n) is 5.12. The molecule has 0 radical (unpaired) electrons. The predicted octanol–water partition coefficient (Wildman–Crippen LogP) is 3.37. The Balaban J connectivity index is 1.64. The second kappa shape index (κ2) is 6.95. The van der Waals surface area contributed by atoms with Crippen molar-refractivity contribution in [3.63, 3.8) is 0 Å². The number of fused-ring (bicyclic) bond motifs is 1. The fourth-order valence-electron chi connectivity index (χ4n) is 2.12. The second-order valence-corrected chi connectivity index (χ2v) is 5.12. The maximum atomic E-state index is 13.5. The summed E-state index contributed by atoms with van der Waals surface area (Å²) in [5.41, 5.74) is 3.76. The first kappa shape index (κ1) is 15.7. The van der Waals surface area contributed by atoms with Crippen LogP contribution < -0.4 is 14.9 Å². The SMILES string of the molecule is CC(/C=C/c1ccc2c(c1)OCO2)=N\NC(=O)c1ccccc1F. The van der Waals surface area contributed by atoms with Crippen LogP contribution in [0.1, 0.15) is 22.8 Å².